The molecule has 0 aromatic carbocycles. The molecule has 0 radical (unpaired) electrons. The predicted molar refractivity (Wildman–Crippen MR) is 416 cm³/mol. The number of carbonyl (C=O) groups excluding carboxylic acids is 6. The first-order valence-electron chi connectivity index (χ1n) is 38.6. The van der Waals surface area contributed by atoms with Gasteiger partial charge in [-0.2, -0.15) is 0 Å². The van der Waals surface area contributed by atoms with Gasteiger partial charge in [0, 0.05) is 74.0 Å². The minimum Gasteiger partial charge on any atom is -0.299 e. The fraction of sp³-hybridized carbons (Fsp3) is 0.886. The lowest BCUT2D eigenvalue weighted by atomic mass is 9.72. The molecule has 2 aliphatic carbocycles. The zero-order valence-corrected chi connectivity index (χ0v) is 70.0. The Hall–Kier alpha value is -2.50. The zero-order valence-electron chi connectivity index (χ0n) is 70.0. The predicted octanol–water partition coefficient (Wildman–Crippen LogP) is 27.2. The SMILES string of the molecule is C=CCC(CC(C)(C)C)C(=O)CC(C)(C)C.C=CCC(CC1CCCC1)C(=O)CC(C)(C)C.CCCC(C(=O)CC(C)(C)C)C(C)(C)C.CCCC(C(=O)CC(C)(C)C)C(C)C.CCCC(CC(C)(C)C)C(=O)CC(C)(C)C.CCCC(CC1CC1C)C(=O)CC(C)(C)C. The van der Waals surface area contributed by atoms with Crippen LogP contribution in [-0.4, -0.2) is 34.7 Å². The molecule has 8 unspecified atom stereocenters. The van der Waals surface area contributed by atoms with Crippen molar-refractivity contribution in [3.63, 3.8) is 0 Å². The van der Waals surface area contributed by atoms with E-state index < -0.39 is 0 Å². The largest absolute Gasteiger partial charge is 0.299 e. The number of hydrogen-bond acceptors (Lipinski definition) is 6. The van der Waals surface area contributed by atoms with E-state index in [1.807, 2.05) is 12.2 Å². The normalized spacial score (nSPS) is 17.6. The van der Waals surface area contributed by atoms with E-state index in [1.54, 1.807) is 0 Å². The molecule has 6 nitrogen and oxygen atoms in total. The van der Waals surface area contributed by atoms with Gasteiger partial charge in [0.1, 0.15) is 34.7 Å². The lowest BCUT2D eigenvalue weighted by Gasteiger charge is -2.31. The second kappa shape index (κ2) is 45.3. The first-order chi connectivity index (χ1) is 42.2. The van der Waals surface area contributed by atoms with Crippen molar-refractivity contribution in [2.24, 2.45) is 108 Å². The Labute approximate surface area is 589 Å². The standard InChI is InChI=1S/C16H28O.C15H28O.C15H30O.C15H28O.C14H28O.C13H26O/c1-5-8-14(11-13-9-6-7-10-13)15(17)12-16(2,3)4;1-6-7-12(9-13-8-11(13)2)14(16)10-15(3,4)5;2*1-8-9-12(10-14(2,3)4)13(16)11-15(5,6)7;1-8-9-11(14(5,6)7)12(15)10-13(2,3)4;1-7-8-11(10(2)3)12(14)9-13(4,5)6/h5,13-14H,1,6-12H2,2-4H3;11-13H,6-10H2,1-5H3;12H,8-11H2,1-7H3;8,12H,1,9-11H2,2-7H3;11H,8-10H2,1-7H3;10-11H,7-9H2,1-6H3. The molecule has 2 saturated carbocycles. The maximum absolute atomic E-state index is 12.3. The van der Waals surface area contributed by atoms with Crippen LogP contribution in [0.25, 0.3) is 0 Å². The molecule has 8 atom stereocenters. The highest BCUT2D eigenvalue weighted by molar-refractivity contribution is 5.84. The molecule has 0 N–H and O–H groups in total. The highest BCUT2D eigenvalue weighted by Crippen LogP contribution is 2.44. The molecule has 0 aliphatic heterocycles. The molecule has 0 saturated heterocycles. The molecular weight excluding hydrogens is 1150 g/mol. The summed E-state index contributed by atoms with van der Waals surface area (Å²) >= 11 is 0. The van der Waals surface area contributed by atoms with Gasteiger partial charge in [-0.3, -0.25) is 28.8 Å². The van der Waals surface area contributed by atoms with Crippen molar-refractivity contribution in [2.75, 3.05) is 0 Å². The van der Waals surface area contributed by atoms with Crippen LogP contribution in [0.3, 0.4) is 0 Å². The number of Topliss-reactive ketones (excluding diaryl/α,β-unsaturated/α-hetero) is 6. The molecule has 2 rings (SSSR count). The molecule has 0 aromatic heterocycles. The monoisotopic (exact) mass is 1320 g/mol. The number of rotatable bonds is 31. The van der Waals surface area contributed by atoms with E-state index in [9.17, 15) is 28.8 Å². The highest BCUT2D eigenvalue weighted by atomic mass is 16.1. The lowest BCUT2D eigenvalue weighted by Crippen LogP contribution is -2.31. The minimum atomic E-state index is 0.0917. The molecule has 0 bridgehead atoms. The molecule has 2 aliphatic rings. The van der Waals surface area contributed by atoms with Crippen molar-refractivity contribution in [3.05, 3.63) is 25.3 Å². The van der Waals surface area contributed by atoms with Crippen molar-refractivity contribution < 1.29 is 28.8 Å². The summed E-state index contributed by atoms with van der Waals surface area (Å²) in [5.41, 5.74) is 1.32. The van der Waals surface area contributed by atoms with Crippen LogP contribution in [0.4, 0.5) is 0 Å². The number of ketones is 6. The van der Waals surface area contributed by atoms with Crippen LogP contribution in [0.1, 0.15) is 396 Å². The fourth-order valence-electron chi connectivity index (χ4n) is 13.3. The maximum Gasteiger partial charge on any atom is 0.137 e. The van der Waals surface area contributed by atoms with Crippen molar-refractivity contribution in [3.8, 4) is 0 Å². The Morgan fingerprint density at radius 3 is 0.989 bits per heavy atom. The molecule has 556 valence electrons. The Bertz CT molecular complexity index is 2100. The minimum absolute atomic E-state index is 0.0917. The van der Waals surface area contributed by atoms with Gasteiger partial charge in [-0.05, 0) is 143 Å². The van der Waals surface area contributed by atoms with E-state index in [4.69, 9.17) is 0 Å². The third-order valence-corrected chi connectivity index (χ3v) is 17.7. The van der Waals surface area contributed by atoms with Gasteiger partial charge in [-0.15, -0.1) is 13.2 Å². The van der Waals surface area contributed by atoms with Crippen LogP contribution in [-0.2, 0) is 28.8 Å². The molecule has 6 heteroatoms. The third-order valence-electron chi connectivity index (χ3n) is 17.7. The van der Waals surface area contributed by atoms with E-state index >= 15 is 0 Å². The van der Waals surface area contributed by atoms with Crippen LogP contribution in [0.5, 0.6) is 0 Å². The van der Waals surface area contributed by atoms with Gasteiger partial charge in [0.15, 0.2) is 0 Å². The first kappa shape index (κ1) is 97.9. The van der Waals surface area contributed by atoms with Gasteiger partial charge in [-0.25, -0.2) is 0 Å². The van der Waals surface area contributed by atoms with E-state index in [0.29, 0.717) is 72.2 Å². The molecule has 0 spiro atoms. The topological polar surface area (TPSA) is 102 Å². The van der Waals surface area contributed by atoms with E-state index in [0.717, 1.165) is 120 Å². The van der Waals surface area contributed by atoms with Gasteiger partial charge in [0.05, 0.1) is 0 Å². The second-order valence-corrected chi connectivity index (χ2v) is 41.1. The molecule has 0 aromatic rings. The van der Waals surface area contributed by atoms with Crippen LogP contribution >= 0.6 is 0 Å². The van der Waals surface area contributed by atoms with Gasteiger partial charge in [-0.1, -0.05) is 299 Å². The van der Waals surface area contributed by atoms with Gasteiger partial charge >= 0.3 is 0 Å². The summed E-state index contributed by atoms with van der Waals surface area (Å²) in [5.74, 6) is 7.21. The summed E-state index contributed by atoms with van der Waals surface area (Å²) in [5, 5.41) is 0. The molecule has 0 heterocycles. The van der Waals surface area contributed by atoms with Gasteiger partial charge < -0.3 is 0 Å². The quantitative estimate of drug-likeness (QED) is 0.0641. The van der Waals surface area contributed by atoms with Gasteiger partial charge in [0.2, 0.25) is 0 Å². The van der Waals surface area contributed by atoms with Crippen molar-refractivity contribution in [1.29, 1.82) is 0 Å². The van der Waals surface area contributed by atoms with Crippen molar-refractivity contribution in [1.82, 2.24) is 0 Å². The van der Waals surface area contributed by atoms with Gasteiger partial charge in [0.25, 0.3) is 0 Å². The van der Waals surface area contributed by atoms with E-state index in [1.165, 1.54) is 32.1 Å². The smallest absolute Gasteiger partial charge is 0.137 e. The average Bonchev–Trinajstić information content (AvgIpc) is 1.59. The van der Waals surface area contributed by atoms with E-state index in [-0.39, 0.29) is 78.3 Å². The van der Waals surface area contributed by atoms with Crippen LogP contribution in [0, 0.1) is 108 Å². The Morgan fingerprint density at radius 1 is 0.383 bits per heavy atom. The average molecular weight is 1320 g/mol. The number of hydrogen-bond donors (Lipinski definition) is 0. The van der Waals surface area contributed by atoms with Crippen LogP contribution in [0.15, 0.2) is 25.3 Å². The highest BCUT2D eigenvalue weighted by Gasteiger charge is 2.37. The Morgan fingerprint density at radius 2 is 0.681 bits per heavy atom. The number of carbonyl (C=O) groups is 6. The molecule has 94 heavy (non-hydrogen) atoms. The van der Waals surface area contributed by atoms with Crippen molar-refractivity contribution in [2.45, 2.75) is 396 Å². The Balaban J connectivity index is -0.000000518. The van der Waals surface area contributed by atoms with Crippen LogP contribution < -0.4 is 0 Å². The fourth-order valence-corrected chi connectivity index (χ4v) is 13.3. The van der Waals surface area contributed by atoms with Crippen LogP contribution in [0.2, 0.25) is 0 Å². The summed E-state index contributed by atoms with van der Waals surface area (Å²) < 4.78 is 0. The summed E-state index contributed by atoms with van der Waals surface area (Å²) in [4.78, 5) is 73.1. The summed E-state index contributed by atoms with van der Waals surface area (Å²) in [6.07, 6.45) is 29.4. The summed E-state index contributed by atoms with van der Waals surface area (Å²) in [6, 6.07) is 0. The summed E-state index contributed by atoms with van der Waals surface area (Å²) in [6.45, 7) is 81.1. The Kier molecular flexibility index (Phi) is 47.2. The maximum atomic E-state index is 12.3. The molecule has 2 fully saturated rings. The molecular formula is C88H168O6. The lowest BCUT2D eigenvalue weighted by molar-refractivity contribution is -0.128. The number of allylic oxidation sites excluding steroid dienone is 2. The van der Waals surface area contributed by atoms with Crippen molar-refractivity contribution >= 4 is 34.7 Å². The van der Waals surface area contributed by atoms with E-state index in [2.05, 4.69) is 249 Å². The third kappa shape index (κ3) is 57.4. The first-order valence-corrected chi connectivity index (χ1v) is 38.6. The molecule has 0 amide bonds. The zero-order chi connectivity index (χ0) is 74.8. The second-order valence-electron chi connectivity index (χ2n) is 41.1. The summed E-state index contributed by atoms with van der Waals surface area (Å²) in [7, 11) is 0.